The van der Waals surface area contributed by atoms with E-state index in [4.69, 9.17) is 4.74 Å². The van der Waals surface area contributed by atoms with Crippen LogP contribution in [0.2, 0.25) is 0 Å². The van der Waals surface area contributed by atoms with E-state index in [1.54, 1.807) is 0 Å². The molecule has 1 unspecified atom stereocenters. The predicted molar refractivity (Wildman–Crippen MR) is 84.2 cm³/mol. The molecular weight excluding hydrogens is 260 g/mol. The van der Waals surface area contributed by atoms with Gasteiger partial charge in [-0.15, -0.1) is 0 Å². The standard InChI is InChI=1S/C19H26O2/c1-19(2)10-7-15(8-11-19)17(20)13-18-16-6-4-3-5-14(16)9-12-21-18/h3-6,15,18H,7-13H2,1-2H3. The van der Waals surface area contributed by atoms with E-state index < -0.39 is 0 Å². The highest BCUT2D eigenvalue weighted by Crippen LogP contribution is 2.40. The van der Waals surface area contributed by atoms with E-state index in [-0.39, 0.29) is 12.0 Å². The van der Waals surface area contributed by atoms with Crippen LogP contribution in [0.15, 0.2) is 24.3 Å². The molecule has 1 heterocycles. The van der Waals surface area contributed by atoms with Gasteiger partial charge in [0.1, 0.15) is 5.78 Å². The van der Waals surface area contributed by atoms with E-state index in [2.05, 4.69) is 32.0 Å². The average Bonchev–Trinajstić information content (AvgIpc) is 2.47. The number of hydrogen-bond donors (Lipinski definition) is 0. The van der Waals surface area contributed by atoms with Crippen molar-refractivity contribution in [3.05, 3.63) is 35.4 Å². The lowest BCUT2D eigenvalue weighted by molar-refractivity contribution is -0.127. The van der Waals surface area contributed by atoms with Crippen LogP contribution in [0.3, 0.4) is 0 Å². The maximum atomic E-state index is 12.6. The summed E-state index contributed by atoms with van der Waals surface area (Å²) in [7, 11) is 0. The molecule has 0 amide bonds. The van der Waals surface area contributed by atoms with Crippen molar-refractivity contribution in [2.45, 2.75) is 58.5 Å². The van der Waals surface area contributed by atoms with Gasteiger partial charge in [0.05, 0.1) is 12.7 Å². The fraction of sp³-hybridized carbons (Fsp3) is 0.632. The molecule has 0 aromatic heterocycles. The Bertz CT molecular complexity index is 508. The number of benzene rings is 1. The SMILES string of the molecule is CC1(C)CCC(C(=O)CC2OCCc3ccccc32)CC1. The van der Waals surface area contributed by atoms with Crippen molar-refractivity contribution in [2.75, 3.05) is 6.61 Å². The third-order valence-corrected chi connectivity index (χ3v) is 5.27. The fourth-order valence-corrected chi connectivity index (χ4v) is 3.72. The number of ether oxygens (including phenoxy) is 1. The molecule has 1 saturated carbocycles. The van der Waals surface area contributed by atoms with Gasteiger partial charge in [-0.25, -0.2) is 0 Å². The van der Waals surface area contributed by atoms with Gasteiger partial charge in [-0.05, 0) is 48.6 Å². The lowest BCUT2D eigenvalue weighted by Crippen LogP contribution is -2.28. The second-order valence-electron chi connectivity index (χ2n) is 7.42. The van der Waals surface area contributed by atoms with Gasteiger partial charge in [0.15, 0.2) is 0 Å². The van der Waals surface area contributed by atoms with Crippen molar-refractivity contribution in [1.29, 1.82) is 0 Å². The molecule has 114 valence electrons. The molecule has 0 spiro atoms. The Morgan fingerprint density at radius 1 is 1.24 bits per heavy atom. The van der Waals surface area contributed by atoms with Gasteiger partial charge in [0.2, 0.25) is 0 Å². The van der Waals surface area contributed by atoms with Crippen LogP contribution in [0.5, 0.6) is 0 Å². The molecule has 1 atom stereocenters. The van der Waals surface area contributed by atoms with Crippen LogP contribution >= 0.6 is 0 Å². The summed E-state index contributed by atoms with van der Waals surface area (Å²) >= 11 is 0. The normalized spacial score (nSPS) is 25.3. The first-order valence-corrected chi connectivity index (χ1v) is 8.27. The first-order valence-electron chi connectivity index (χ1n) is 8.27. The molecule has 0 saturated heterocycles. The third-order valence-electron chi connectivity index (χ3n) is 5.27. The largest absolute Gasteiger partial charge is 0.373 e. The maximum Gasteiger partial charge on any atom is 0.138 e. The van der Waals surface area contributed by atoms with Crippen LogP contribution in [-0.2, 0) is 16.0 Å². The molecule has 0 radical (unpaired) electrons. The van der Waals surface area contributed by atoms with Gasteiger partial charge in [0, 0.05) is 12.3 Å². The molecule has 2 heteroatoms. The van der Waals surface area contributed by atoms with E-state index in [1.807, 2.05) is 6.07 Å². The lowest BCUT2D eigenvalue weighted by Gasteiger charge is -2.34. The van der Waals surface area contributed by atoms with Crippen LogP contribution in [0.4, 0.5) is 0 Å². The van der Waals surface area contributed by atoms with E-state index in [9.17, 15) is 4.79 Å². The van der Waals surface area contributed by atoms with Crippen molar-refractivity contribution in [2.24, 2.45) is 11.3 Å². The first kappa shape index (κ1) is 14.8. The molecule has 1 aromatic rings. The summed E-state index contributed by atoms with van der Waals surface area (Å²) in [6, 6.07) is 8.41. The number of Topliss-reactive ketones (excluding diaryl/α,β-unsaturated/α-hetero) is 1. The molecule has 21 heavy (non-hydrogen) atoms. The van der Waals surface area contributed by atoms with Crippen LogP contribution in [0.1, 0.15) is 63.2 Å². The Morgan fingerprint density at radius 2 is 1.95 bits per heavy atom. The average molecular weight is 286 g/mol. The summed E-state index contributed by atoms with van der Waals surface area (Å²) in [6.45, 7) is 5.37. The quantitative estimate of drug-likeness (QED) is 0.819. The van der Waals surface area contributed by atoms with Gasteiger partial charge in [-0.3, -0.25) is 4.79 Å². The van der Waals surface area contributed by atoms with Crippen LogP contribution in [-0.4, -0.2) is 12.4 Å². The van der Waals surface area contributed by atoms with Crippen molar-refractivity contribution < 1.29 is 9.53 Å². The van der Waals surface area contributed by atoms with Gasteiger partial charge in [-0.2, -0.15) is 0 Å². The molecular formula is C19H26O2. The Hall–Kier alpha value is -1.15. The molecule has 2 nitrogen and oxygen atoms in total. The van der Waals surface area contributed by atoms with E-state index >= 15 is 0 Å². The Morgan fingerprint density at radius 3 is 2.71 bits per heavy atom. The van der Waals surface area contributed by atoms with Crippen molar-refractivity contribution in [3.63, 3.8) is 0 Å². The third kappa shape index (κ3) is 3.37. The van der Waals surface area contributed by atoms with Crippen LogP contribution in [0.25, 0.3) is 0 Å². The summed E-state index contributed by atoms with van der Waals surface area (Å²) in [5, 5.41) is 0. The van der Waals surface area contributed by atoms with E-state index in [1.165, 1.54) is 24.0 Å². The summed E-state index contributed by atoms with van der Waals surface area (Å²) in [5.41, 5.74) is 3.00. The molecule has 1 aromatic carbocycles. The number of carbonyl (C=O) groups is 1. The summed E-state index contributed by atoms with van der Waals surface area (Å²) in [6.07, 6.45) is 5.97. The van der Waals surface area contributed by atoms with Gasteiger partial charge in [-0.1, -0.05) is 38.1 Å². The lowest BCUT2D eigenvalue weighted by atomic mass is 9.71. The van der Waals surface area contributed by atoms with E-state index in [0.29, 0.717) is 17.6 Å². The number of hydrogen-bond acceptors (Lipinski definition) is 2. The first-order chi connectivity index (χ1) is 10.1. The molecule has 2 aliphatic rings. The smallest absolute Gasteiger partial charge is 0.138 e. The number of fused-ring (bicyclic) bond motifs is 1. The molecule has 0 bridgehead atoms. The minimum Gasteiger partial charge on any atom is -0.373 e. The Labute approximate surface area is 127 Å². The highest BCUT2D eigenvalue weighted by molar-refractivity contribution is 5.81. The molecule has 0 N–H and O–H groups in total. The topological polar surface area (TPSA) is 26.3 Å². The van der Waals surface area contributed by atoms with Crippen LogP contribution in [0, 0.1) is 11.3 Å². The second kappa shape index (κ2) is 5.92. The number of carbonyl (C=O) groups excluding carboxylic acids is 1. The molecule has 3 rings (SSSR count). The highest BCUT2D eigenvalue weighted by Gasteiger charge is 2.32. The van der Waals surface area contributed by atoms with Crippen molar-refractivity contribution in [1.82, 2.24) is 0 Å². The zero-order chi connectivity index (χ0) is 14.9. The monoisotopic (exact) mass is 286 g/mol. The van der Waals surface area contributed by atoms with Crippen molar-refractivity contribution >= 4 is 5.78 Å². The maximum absolute atomic E-state index is 12.6. The Kier molecular flexibility index (Phi) is 4.17. The Balaban J connectivity index is 1.64. The van der Waals surface area contributed by atoms with E-state index in [0.717, 1.165) is 25.9 Å². The zero-order valence-electron chi connectivity index (χ0n) is 13.2. The predicted octanol–water partition coefficient (Wildman–Crippen LogP) is 4.48. The van der Waals surface area contributed by atoms with Crippen molar-refractivity contribution in [3.8, 4) is 0 Å². The zero-order valence-corrected chi connectivity index (χ0v) is 13.2. The molecule has 1 fully saturated rings. The summed E-state index contributed by atoms with van der Waals surface area (Å²) in [5.74, 6) is 0.669. The van der Waals surface area contributed by atoms with Gasteiger partial charge >= 0.3 is 0 Å². The highest BCUT2D eigenvalue weighted by atomic mass is 16.5. The van der Waals surface area contributed by atoms with Crippen LogP contribution < -0.4 is 0 Å². The molecule has 1 aliphatic heterocycles. The summed E-state index contributed by atoms with van der Waals surface area (Å²) < 4.78 is 5.89. The van der Waals surface area contributed by atoms with Gasteiger partial charge < -0.3 is 4.74 Å². The minimum absolute atomic E-state index is 0.0163. The number of rotatable bonds is 3. The minimum atomic E-state index is -0.0163. The van der Waals surface area contributed by atoms with Gasteiger partial charge in [0.25, 0.3) is 0 Å². The summed E-state index contributed by atoms with van der Waals surface area (Å²) in [4.78, 5) is 12.6. The molecule has 1 aliphatic carbocycles. The second-order valence-corrected chi connectivity index (χ2v) is 7.42. The fourth-order valence-electron chi connectivity index (χ4n) is 3.72. The number of ketones is 1.